The van der Waals surface area contributed by atoms with Gasteiger partial charge in [0.25, 0.3) is 5.92 Å². The molecule has 0 spiro atoms. The third kappa shape index (κ3) is 6.29. The van der Waals surface area contributed by atoms with Gasteiger partial charge in [-0.15, -0.1) is 0 Å². The molecule has 3 aromatic carbocycles. The number of methoxy groups -OCH3 is 1. The van der Waals surface area contributed by atoms with E-state index in [9.17, 15) is 35.5 Å². The normalized spacial score (nSPS) is 16.9. The molecule has 4 rings (SSSR count). The van der Waals surface area contributed by atoms with Gasteiger partial charge in [-0.25, -0.2) is 22.4 Å². The lowest BCUT2D eigenvalue weighted by molar-refractivity contribution is -0.137. The Labute approximate surface area is 220 Å². The van der Waals surface area contributed by atoms with Crippen LogP contribution in [0.2, 0.25) is 0 Å². The number of rotatable bonds is 6. The van der Waals surface area contributed by atoms with Crippen molar-refractivity contribution in [3.8, 4) is 5.75 Å². The molecular formula is C28H25F7N2O2. The van der Waals surface area contributed by atoms with Crippen LogP contribution < -0.4 is 10.1 Å². The van der Waals surface area contributed by atoms with Gasteiger partial charge in [-0.3, -0.25) is 0 Å². The maximum atomic E-state index is 14.7. The zero-order chi connectivity index (χ0) is 28.4. The van der Waals surface area contributed by atoms with Gasteiger partial charge in [-0.2, -0.15) is 13.2 Å². The van der Waals surface area contributed by atoms with E-state index in [4.69, 9.17) is 4.74 Å². The van der Waals surface area contributed by atoms with Crippen LogP contribution in [0.5, 0.6) is 5.75 Å². The molecule has 0 aliphatic carbocycles. The second-order valence-electron chi connectivity index (χ2n) is 9.45. The van der Waals surface area contributed by atoms with Crippen molar-refractivity contribution in [2.24, 2.45) is 0 Å². The molecule has 1 fully saturated rings. The maximum absolute atomic E-state index is 14.7. The highest BCUT2D eigenvalue weighted by molar-refractivity contribution is 5.77. The molecule has 4 nitrogen and oxygen atoms in total. The predicted molar refractivity (Wildman–Crippen MR) is 130 cm³/mol. The Kier molecular flexibility index (Phi) is 7.81. The van der Waals surface area contributed by atoms with Gasteiger partial charge in [0.05, 0.1) is 24.8 Å². The minimum atomic E-state index is -4.94. The number of amides is 2. The van der Waals surface area contributed by atoms with Crippen molar-refractivity contribution < 1.29 is 40.3 Å². The Morgan fingerprint density at radius 2 is 1.67 bits per heavy atom. The number of likely N-dealkylation sites (tertiary alicyclic amines) is 1. The molecule has 1 heterocycles. The van der Waals surface area contributed by atoms with Crippen LogP contribution in [0.4, 0.5) is 35.5 Å². The molecule has 1 aliphatic rings. The molecule has 0 saturated carbocycles. The largest absolute Gasteiger partial charge is 0.494 e. The molecule has 0 radical (unpaired) electrons. The fourth-order valence-corrected chi connectivity index (χ4v) is 4.79. The first-order valence-corrected chi connectivity index (χ1v) is 12.0. The second kappa shape index (κ2) is 10.8. The van der Waals surface area contributed by atoms with Gasteiger partial charge < -0.3 is 15.0 Å². The van der Waals surface area contributed by atoms with Crippen LogP contribution in [-0.4, -0.2) is 37.1 Å². The van der Waals surface area contributed by atoms with E-state index in [1.807, 2.05) is 0 Å². The van der Waals surface area contributed by atoms with Gasteiger partial charge in [0.2, 0.25) is 0 Å². The summed E-state index contributed by atoms with van der Waals surface area (Å²) in [5.74, 6) is -5.45. The van der Waals surface area contributed by atoms with E-state index in [-0.39, 0.29) is 36.3 Å². The Morgan fingerprint density at radius 1 is 0.974 bits per heavy atom. The van der Waals surface area contributed by atoms with Crippen LogP contribution in [0.3, 0.4) is 0 Å². The molecule has 3 aromatic rings. The summed E-state index contributed by atoms with van der Waals surface area (Å²) in [6, 6.07) is 12.5. The third-order valence-electron chi connectivity index (χ3n) is 6.67. The van der Waals surface area contributed by atoms with Crippen molar-refractivity contribution in [2.45, 2.75) is 36.9 Å². The number of carbonyl (C=O) groups excluding carboxylic acids is 1. The fraction of sp³-hybridized carbons (Fsp3) is 0.321. The summed E-state index contributed by atoms with van der Waals surface area (Å²) >= 11 is 0. The average molecular weight is 555 g/mol. The number of benzene rings is 3. The summed E-state index contributed by atoms with van der Waals surface area (Å²) in [5, 5.41) is 2.64. The molecule has 1 atom stereocenters. The van der Waals surface area contributed by atoms with Crippen LogP contribution in [0.15, 0.2) is 66.7 Å². The van der Waals surface area contributed by atoms with E-state index < -0.39 is 53.8 Å². The quantitative estimate of drug-likeness (QED) is 0.336. The molecule has 1 aliphatic heterocycles. The van der Waals surface area contributed by atoms with Crippen molar-refractivity contribution in [1.82, 2.24) is 10.2 Å². The van der Waals surface area contributed by atoms with Crippen LogP contribution in [0.25, 0.3) is 0 Å². The fourth-order valence-electron chi connectivity index (χ4n) is 4.79. The standard InChI is InChI=1S/C28H25F7N2O2/c1-39-24-15-19(8-9-23(24)30)27(16-18-6-3-2-4-7-18,20-12-21(28(33,34)35)14-22(29)13-20)36-25(38)37-11-5-10-26(31,32)17-37/h2-4,6-9,12-15H,5,10-11,16-17H2,1H3,(H,36,38). The van der Waals surface area contributed by atoms with Crippen LogP contribution in [0, 0.1) is 11.6 Å². The third-order valence-corrected chi connectivity index (χ3v) is 6.67. The summed E-state index contributed by atoms with van der Waals surface area (Å²) < 4.78 is 104. The lowest BCUT2D eigenvalue weighted by Crippen LogP contribution is -2.56. The lowest BCUT2D eigenvalue weighted by Gasteiger charge is -2.40. The molecule has 208 valence electrons. The van der Waals surface area contributed by atoms with E-state index in [1.165, 1.54) is 19.2 Å². The number of hydrogen-bond acceptors (Lipinski definition) is 2. The van der Waals surface area contributed by atoms with Gasteiger partial charge in [0.15, 0.2) is 11.6 Å². The summed E-state index contributed by atoms with van der Waals surface area (Å²) in [4.78, 5) is 14.4. The topological polar surface area (TPSA) is 41.6 Å². The smallest absolute Gasteiger partial charge is 0.416 e. The molecule has 0 aromatic heterocycles. The van der Waals surface area contributed by atoms with Gasteiger partial charge >= 0.3 is 12.2 Å². The molecular weight excluding hydrogens is 529 g/mol. The number of ether oxygens (including phenoxy) is 1. The van der Waals surface area contributed by atoms with Crippen LogP contribution >= 0.6 is 0 Å². The SMILES string of the molecule is COc1cc(C(Cc2ccccc2)(NC(=O)N2CCCC(F)(F)C2)c2cc(F)cc(C(F)(F)F)c2)ccc1F. The molecule has 1 saturated heterocycles. The number of hydrogen-bond donors (Lipinski definition) is 1. The zero-order valence-corrected chi connectivity index (χ0v) is 20.8. The molecule has 1 N–H and O–H groups in total. The highest BCUT2D eigenvalue weighted by atomic mass is 19.4. The predicted octanol–water partition coefficient (Wildman–Crippen LogP) is 6.92. The van der Waals surface area contributed by atoms with Crippen molar-refractivity contribution in [1.29, 1.82) is 0 Å². The van der Waals surface area contributed by atoms with Crippen LogP contribution in [-0.2, 0) is 18.1 Å². The van der Waals surface area contributed by atoms with E-state index in [2.05, 4.69) is 5.32 Å². The molecule has 2 amide bonds. The first kappa shape index (κ1) is 28.3. The van der Waals surface area contributed by atoms with Crippen LogP contribution in [0.1, 0.15) is 35.1 Å². The van der Waals surface area contributed by atoms with E-state index in [0.717, 1.165) is 17.0 Å². The van der Waals surface area contributed by atoms with E-state index >= 15 is 0 Å². The second-order valence-corrected chi connectivity index (χ2v) is 9.45. The number of halogens is 7. The Balaban J connectivity index is 1.96. The van der Waals surface area contributed by atoms with Crippen molar-refractivity contribution in [3.63, 3.8) is 0 Å². The summed E-state index contributed by atoms with van der Waals surface area (Å²) in [7, 11) is 1.18. The van der Waals surface area contributed by atoms with E-state index in [0.29, 0.717) is 17.7 Å². The maximum Gasteiger partial charge on any atom is 0.416 e. The Morgan fingerprint density at radius 3 is 2.31 bits per heavy atom. The van der Waals surface area contributed by atoms with Gasteiger partial charge in [0, 0.05) is 19.4 Å². The summed E-state index contributed by atoms with van der Waals surface area (Å²) in [6.07, 6.45) is -5.57. The number of urea groups is 1. The minimum absolute atomic E-state index is 0.00859. The van der Waals surface area contributed by atoms with Gasteiger partial charge in [-0.05, 0) is 53.4 Å². The monoisotopic (exact) mass is 554 g/mol. The zero-order valence-electron chi connectivity index (χ0n) is 20.8. The molecule has 0 bridgehead atoms. The van der Waals surface area contributed by atoms with Gasteiger partial charge in [-0.1, -0.05) is 36.4 Å². The molecule has 1 unspecified atom stereocenters. The van der Waals surface area contributed by atoms with Crippen molar-refractivity contribution >= 4 is 6.03 Å². The van der Waals surface area contributed by atoms with E-state index in [1.54, 1.807) is 30.3 Å². The highest BCUT2D eigenvalue weighted by Gasteiger charge is 2.43. The summed E-state index contributed by atoms with van der Waals surface area (Å²) in [5.41, 5.74) is -3.01. The summed E-state index contributed by atoms with van der Waals surface area (Å²) in [6.45, 7) is -0.920. The van der Waals surface area contributed by atoms with Crippen molar-refractivity contribution in [3.05, 3.63) is 101 Å². The highest BCUT2D eigenvalue weighted by Crippen LogP contribution is 2.40. The minimum Gasteiger partial charge on any atom is -0.494 e. The first-order chi connectivity index (χ1) is 18.3. The number of alkyl halides is 5. The lowest BCUT2D eigenvalue weighted by atomic mass is 9.77. The number of carbonyl (C=O) groups is 1. The Bertz CT molecular complexity index is 1330. The average Bonchev–Trinajstić information content (AvgIpc) is 2.87. The first-order valence-electron chi connectivity index (χ1n) is 12.0. The number of nitrogens with one attached hydrogen (secondary N) is 1. The Hall–Kier alpha value is -3.76. The number of piperidine rings is 1. The van der Waals surface area contributed by atoms with Crippen molar-refractivity contribution in [2.75, 3.05) is 20.2 Å². The van der Waals surface area contributed by atoms with Gasteiger partial charge in [0.1, 0.15) is 5.82 Å². The molecule has 39 heavy (non-hydrogen) atoms. The number of nitrogens with zero attached hydrogens (tertiary/aromatic N) is 1. The molecule has 11 heteroatoms.